The van der Waals surface area contributed by atoms with Gasteiger partial charge in [0.1, 0.15) is 0 Å². The van der Waals surface area contributed by atoms with E-state index in [0.717, 1.165) is 24.2 Å². The third kappa shape index (κ3) is 3.65. The van der Waals surface area contributed by atoms with E-state index in [4.69, 9.17) is 11.6 Å². The van der Waals surface area contributed by atoms with Gasteiger partial charge < -0.3 is 5.32 Å². The normalized spacial score (nSPS) is 12.5. The van der Waals surface area contributed by atoms with Crippen LogP contribution in [0.5, 0.6) is 0 Å². The third-order valence-corrected chi connectivity index (χ3v) is 2.36. The summed E-state index contributed by atoms with van der Waals surface area (Å²) < 4.78 is 0. The number of hydrogen-bond acceptors (Lipinski definition) is 2. The minimum atomic E-state index is 0.127. The fourth-order valence-corrected chi connectivity index (χ4v) is 1.49. The molecule has 1 N–H and O–H groups in total. The molecule has 0 fully saturated rings. The molecule has 82 valence electrons. The molecule has 0 aromatic carbocycles. The van der Waals surface area contributed by atoms with E-state index in [2.05, 4.69) is 23.8 Å². The predicted molar refractivity (Wildman–Crippen MR) is 65.1 cm³/mol. The lowest BCUT2D eigenvalue weighted by molar-refractivity contribution is 0.579. The highest BCUT2D eigenvalue weighted by Crippen LogP contribution is 2.19. The Balaban J connectivity index is 2.79. The zero-order chi connectivity index (χ0) is 11.3. The number of halogens is 1. The Morgan fingerprint density at radius 2 is 2.33 bits per heavy atom. The molecule has 1 aromatic rings. The molecule has 3 heteroatoms. The average Bonchev–Trinajstić information content (AvgIpc) is 2.21. The van der Waals surface area contributed by atoms with E-state index in [1.807, 2.05) is 19.1 Å². The fourth-order valence-electron chi connectivity index (χ4n) is 1.38. The molecule has 0 spiro atoms. The lowest BCUT2D eigenvalue weighted by Crippen LogP contribution is -2.23. The monoisotopic (exact) mass is 224 g/mol. The molecule has 1 aromatic heterocycles. The Kier molecular flexibility index (Phi) is 4.79. The van der Waals surface area contributed by atoms with E-state index in [0.29, 0.717) is 5.02 Å². The molecule has 0 aliphatic heterocycles. The highest BCUT2D eigenvalue weighted by atomic mass is 35.5. The van der Waals surface area contributed by atoms with Crippen LogP contribution in [-0.2, 0) is 0 Å². The van der Waals surface area contributed by atoms with Gasteiger partial charge in [0.15, 0.2) is 0 Å². The number of pyridine rings is 1. The summed E-state index contributed by atoms with van der Waals surface area (Å²) in [6.07, 6.45) is 2.76. The van der Waals surface area contributed by atoms with Gasteiger partial charge in [0, 0.05) is 6.20 Å². The van der Waals surface area contributed by atoms with Crippen molar-refractivity contribution in [2.45, 2.75) is 26.3 Å². The molecule has 0 aliphatic rings. The van der Waals surface area contributed by atoms with Crippen LogP contribution in [0, 0.1) is 0 Å². The third-order valence-electron chi connectivity index (χ3n) is 2.14. The second-order valence-corrected chi connectivity index (χ2v) is 4.07. The lowest BCUT2D eigenvalue weighted by Gasteiger charge is -2.17. The van der Waals surface area contributed by atoms with E-state index < -0.39 is 0 Å². The molecule has 1 heterocycles. The second kappa shape index (κ2) is 5.89. The van der Waals surface area contributed by atoms with Gasteiger partial charge in [-0.15, -0.1) is 0 Å². The summed E-state index contributed by atoms with van der Waals surface area (Å²) in [5.41, 5.74) is 2.04. The average molecular weight is 225 g/mol. The maximum Gasteiger partial charge on any atom is 0.0705 e. The smallest absolute Gasteiger partial charge is 0.0705 e. The minimum absolute atomic E-state index is 0.127. The predicted octanol–water partition coefficient (Wildman–Crippen LogP) is 3.35. The van der Waals surface area contributed by atoms with Crippen molar-refractivity contribution in [3.8, 4) is 0 Å². The van der Waals surface area contributed by atoms with Gasteiger partial charge in [0.25, 0.3) is 0 Å². The topological polar surface area (TPSA) is 24.9 Å². The summed E-state index contributed by atoms with van der Waals surface area (Å²) in [4.78, 5) is 4.30. The maximum atomic E-state index is 5.79. The first-order chi connectivity index (χ1) is 7.15. The van der Waals surface area contributed by atoms with Crippen molar-refractivity contribution in [1.29, 1.82) is 0 Å². The van der Waals surface area contributed by atoms with Crippen molar-refractivity contribution in [3.05, 3.63) is 41.2 Å². The molecular weight excluding hydrogens is 208 g/mol. The quantitative estimate of drug-likeness (QED) is 0.776. The molecule has 15 heavy (non-hydrogen) atoms. The van der Waals surface area contributed by atoms with Crippen LogP contribution in [0.3, 0.4) is 0 Å². The van der Waals surface area contributed by atoms with E-state index in [-0.39, 0.29) is 6.04 Å². The first-order valence-electron chi connectivity index (χ1n) is 5.15. The summed E-state index contributed by atoms with van der Waals surface area (Å²) in [5, 5.41) is 4.06. The molecule has 0 saturated carbocycles. The van der Waals surface area contributed by atoms with Crippen molar-refractivity contribution in [3.63, 3.8) is 0 Å². The Morgan fingerprint density at radius 3 is 2.80 bits per heavy atom. The molecule has 2 nitrogen and oxygen atoms in total. The van der Waals surface area contributed by atoms with Crippen LogP contribution in [0.2, 0.25) is 5.02 Å². The summed E-state index contributed by atoms with van der Waals surface area (Å²) >= 11 is 5.79. The van der Waals surface area contributed by atoms with E-state index in [1.54, 1.807) is 6.20 Å². The van der Waals surface area contributed by atoms with E-state index in [9.17, 15) is 0 Å². The van der Waals surface area contributed by atoms with Gasteiger partial charge in [0.05, 0.1) is 16.8 Å². The standard InChI is InChI=1S/C12H17ClN2/c1-4-7-14-12(9(2)3)11-6-5-10(13)8-15-11/h5-6,8,12,14H,2,4,7H2,1,3H3. The van der Waals surface area contributed by atoms with Crippen LogP contribution in [0.25, 0.3) is 0 Å². The molecule has 0 saturated heterocycles. The Labute approximate surface area is 96.4 Å². The number of aromatic nitrogens is 1. The van der Waals surface area contributed by atoms with Crippen LogP contribution in [-0.4, -0.2) is 11.5 Å². The van der Waals surface area contributed by atoms with Gasteiger partial charge in [-0.2, -0.15) is 0 Å². The van der Waals surface area contributed by atoms with E-state index >= 15 is 0 Å². The van der Waals surface area contributed by atoms with Crippen molar-refractivity contribution >= 4 is 11.6 Å². The van der Waals surface area contributed by atoms with Gasteiger partial charge in [-0.25, -0.2) is 0 Å². The number of nitrogens with zero attached hydrogens (tertiary/aromatic N) is 1. The maximum absolute atomic E-state index is 5.79. The summed E-state index contributed by atoms with van der Waals surface area (Å²) in [7, 11) is 0. The second-order valence-electron chi connectivity index (χ2n) is 3.63. The summed E-state index contributed by atoms with van der Waals surface area (Å²) in [5.74, 6) is 0. The first-order valence-corrected chi connectivity index (χ1v) is 5.53. The number of hydrogen-bond donors (Lipinski definition) is 1. The van der Waals surface area contributed by atoms with Crippen molar-refractivity contribution < 1.29 is 0 Å². The largest absolute Gasteiger partial charge is 0.305 e. The highest BCUT2D eigenvalue weighted by molar-refractivity contribution is 6.30. The molecule has 0 aliphatic carbocycles. The van der Waals surface area contributed by atoms with Crippen LogP contribution < -0.4 is 5.32 Å². The Bertz CT molecular complexity index is 319. The minimum Gasteiger partial charge on any atom is -0.305 e. The van der Waals surface area contributed by atoms with E-state index in [1.165, 1.54) is 0 Å². The number of nitrogens with one attached hydrogen (secondary N) is 1. The SMILES string of the molecule is C=C(C)C(NCCC)c1ccc(Cl)cn1. The van der Waals surface area contributed by atoms with Crippen molar-refractivity contribution in [2.24, 2.45) is 0 Å². The first kappa shape index (κ1) is 12.2. The molecule has 0 amide bonds. The zero-order valence-electron chi connectivity index (χ0n) is 9.26. The van der Waals surface area contributed by atoms with Crippen LogP contribution >= 0.6 is 11.6 Å². The Morgan fingerprint density at radius 1 is 1.60 bits per heavy atom. The van der Waals surface area contributed by atoms with Crippen molar-refractivity contribution in [2.75, 3.05) is 6.54 Å². The van der Waals surface area contributed by atoms with Gasteiger partial charge >= 0.3 is 0 Å². The zero-order valence-corrected chi connectivity index (χ0v) is 10.0. The fraction of sp³-hybridized carbons (Fsp3) is 0.417. The lowest BCUT2D eigenvalue weighted by atomic mass is 10.1. The molecule has 1 unspecified atom stereocenters. The van der Waals surface area contributed by atoms with Gasteiger partial charge in [-0.05, 0) is 32.0 Å². The van der Waals surface area contributed by atoms with Gasteiger partial charge in [0.2, 0.25) is 0 Å². The van der Waals surface area contributed by atoms with Gasteiger partial charge in [-0.3, -0.25) is 4.98 Å². The molecule has 1 rings (SSSR count). The van der Waals surface area contributed by atoms with Crippen LogP contribution in [0.1, 0.15) is 32.0 Å². The summed E-state index contributed by atoms with van der Waals surface area (Å²) in [6, 6.07) is 3.92. The van der Waals surface area contributed by atoms with Crippen LogP contribution in [0.4, 0.5) is 0 Å². The molecular formula is C12H17ClN2. The Hall–Kier alpha value is -0.860. The highest BCUT2D eigenvalue weighted by Gasteiger charge is 2.11. The summed E-state index contributed by atoms with van der Waals surface area (Å²) in [6.45, 7) is 9.07. The molecule has 1 atom stereocenters. The molecule has 0 bridgehead atoms. The number of rotatable bonds is 5. The van der Waals surface area contributed by atoms with Crippen molar-refractivity contribution in [1.82, 2.24) is 10.3 Å². The van der Waals surface area contributed by atoms with Crippen LogP contribution in [0.15, 0.2) is 30.5 Å². The van der Waals surface area contributed by atoms with Gasteiger partial charge in [-0.1, -0.05) is 30.7 Å². The molecule has 0 radical (unpaired) electrons.